The zero-order valence-electron chi connectivity index (χ0n) is 6.96. The molecule has 0 bridgehead atoms. The molecule has 2 nitrogen and oxygen atoms in total. The molecule has 2 atom stereocenters. The molecule has 2 unspecified atom stereocenters. The number of ketones is 1. The third-order valence-electron chi connectivity index (χ3n) is 2.28. The summed E-state index contributed by atoms with van der Waals surface area (Å²) >= 11 is 1.75. The number of hydrogen-bond donors (Lipinski definition) is 1. The number of Topliss-reactive ketones (excluding diaryl/α,β-unsaturated/α-hetero) is 1. The van der Waals surface area contributed by atoms with Crippen LogP contribution in [0, 0.1) is 5.92 Å². The summed E-state index contributed by atoms with van der Waals surface area (Å²) in [5, 5.41) is 9.77. The van der Waals surface area contributed by atoms with Gasteiger partial charge in [-0.3, -0.25) is 4.79 Å². The van der Waals surface area contributed by atoms with Gasteiger partial charge in [-0.25, -0.2) is 0 Å². The van der Waals surface area contributed by atoms with E-state index in [1.165, 1.54) is 0 Å². The predicted octanol–water partition coefficient (Wildman–Crippen LogP) is 1.08. The van der Waals surface area contributed by atoms with Crippen LogP contribution in [-0.4, -0.2) is 28.0 Å². The summed E-state index contributed by atoms with van der Waals surface area (Å²) in [5.74, 6) is 1.71. The van der Waals surface area contributed by atoms with Gasteiger partial charge in [-0.1, -0.05) is 0 Å². The molecule has 0 aromatic carbocycles. The molecule has 64 valence electrons. The molecule has 0 aromatic rings. The Labute approximate surface area is 71.4 Å². The molecule has 1 fully saturated rings. The van der Waals surface area contributed by atoms with Gasteiger partial charge in [-0.15, -0.1) is 0 Å². The molecule has 3 heteroatoms. The SMILES string of the molecule is CC(=O)C1CSCCC1(C)O. The summed E-state index contributed by atoms with van der Waals surface area (Å²) in [5.41, 5.74) is -0.753. The van der Waals surface area contributed by atoms with E-state index in [-0.39, 0.29) is 11.7 Å². The van der Waals surface area contributed by atoms with E-state index >= 15 is 0 Å². The minimum Gasteiger partial charge on any atom is -0.389 e. The van der Waals surface area contributed by atoms with Gasteiger partial charge in [0.05, 0.1) is 11.5 Å². The zero-order chi connectivity index (χ0) is 8.48. The Morgan fingerprint density at radius 3 is 2.73 bits per heavy atom. The van der Waals surface area contributed by atoms with Crippen molar-refractivity contribution < 1.29 is 9.90 Å². The van der Waals surface area contributed by atoms with E-state index in [0.29, 0.717) is 0 Å². The monoisotopic (exact) mass is 174 g/mol. The van der Waals surface area contributed by atoms with Crippen molar-refractivity contribution in [2.45, 2.75) is 25.9 Å². The highest BCUT2D eigenvalue weighted by Crippen LogP contribution is 2.32. The predicted molar refractivity (Wildman–Crippen MR) is 46.7 cm³/mol. The van der Waals surface area contributed by atoms with Crippen LogP contribution in [-0.2, 0) is 4.79 Å². The van der Waals surface area contributed by atoms with E-state index in [1.807, 2.05) is 0 Å². The second kappa shape index (κ2) is 3.15. The molecule has 1 saturated heterocycles. The summed E-state index contributed by atoms with van der Waals surface area (Å²) in [4.78, 5) is 11.0. The Bertz CT molecular complexity index is 165. The first kappa shape index (κ1) is 9.07. The van der Waals surface area contributed by atoms with Gasteiger partial charge in [-0.05, 0) is 26.0 Å². The molecule has 0 spiro atoms. The van der Waals surface area contributed by atoms with Gasteiger partial charge in [-0.2, -0.15) is 11.8 Å². The fourth-order valence-corrected chi connectivity index (χ4v) is 2.94. The van der Waals surface area contributed by atoms with E-state index in [4.69, 9.17) is 0 Å². The molecule has 1 heterocycles. The average molecular weight is 174 g/mol. The van der Waals surface area contributed by atoms with Crippen LogP contribution in [0.1, 0.15) is 20.3 Å². The second-order valence-electron chi connectivity index (χ2n) is 3.35. The van der Waals surface area contributed by atoms with Crippen LogP contribution in [0.3, 0.4) is 0 Å². The molecule has 1 aliphatic heterocycles. The highest BCUT2D eigenvalue weighted by Gasteiger charge is 2.37. The Morgan fingerprint density at radius 1 is 1.73 bits per heavy atom. The molecule has 11 heavy (non-hydrogen) atoms. The summed E-state index contributed by atoms with van der Waals surface area (Å²) in [7, 11) is 0. The average Bonchev–Trinajstić information content (AvgIpc) is 1.85. The molecular formula is C8H14O2S. The summed E-state index contributed by atoms with van der Waals surface area (Å²) < 4.78 is 0. The molecule has 1 rings (SSSR count). The van der Waals surface area contributed by atoms with Gasteiger partial charge >= 0.3 is 0 Å². The fourth-order valence-electron chi connectivity index (χ4n) is 1.39. The van der Waals surface area contributed by atoms with Crippen LogP contribution in [0.2, 0.25) is 0 Å². The summed E-state index contributed by atoms with van der Waals surface area (Å²) in [6.45, 7) is 3.32. The molecule has 0 saturated carbocycles. The molecule has 1 N–H and O–H groups in total. The lowest BCUT2D eigenvalue weighted by Crippen LogP contribution is -2.43. The summed E-state index contributed by atoms with van der Waals surface area (Å²) in [6.07, 6.45) is 0.738. The Balaban J connectivity index is 2.67. The maximum Gasteiger partial charge on any atom is 0.136 e. The van der Waals surface area contributed by atoms with E-state index in [1.54, 1.807) is 25.6 Å². The van der Waals surface area contributed by atoms with E-state index in [9.17, 15) is 9.90 Å². The van der Waals surface area contributed by atoms with E-state index < -0.39 is 5.60 Å². The van der Waals surface area contributed by atoms with Gasteiger partial charge in [0, 0.05) is 5.75 Å². The normalized spacial score (nSPS) is 38.6. The van der Waals surface area contributed by atoms with E-state index in [2.05, 4.69) is 0 Å². The van der Waals surface area contributed by atoms with Crippen molar-refractivity contribution in [1.29, 1.82) is 0 Å². The third kappa shape index (κ3) is 1.97. The smallest absolute Gasteiger partial charge is 0.136 e. The van der Waals surface area contributed by atoms with Crippen LogP contribution in [0.15, 0.2) is 0 Å². The van der Waals surface area contributed by atoms with Crippen molar-refractivity contribution in [3.63, 3.8) is 0 Å². The van der Waals surface area contributed by atoms with Crippen molar-refractivity contribution in [2.24, 2.45) is 5.92 Å². The topological polar surface area (TPSA) is 37.3 Å². The lowest BCUT2D eigenvalue weighted by Gasteiger charge is -2.34. The fraction of sp³-hybridized carbons (Fsp3) is 0.875. The van der Waals surface area contributed by atoms with Crippen molar-refractivity contribution in [3.05, 3.63) is 0 Å². The Kier molecular flexibility index (Phi) is 2.60. The molecule has 1 aliphatic rings. The molecular weight excluding hydrogens is 160 g/mol. The first-order valence-electron chi connectivity index (χ1n) is 3.84. The minimum atomic E-state index is -0.753. The van der Waals surface area contributed by atoms with Crippen LogP contribution in [0.25, 0.3) is 0 Å². The Morgan fingerprint density at radius 2 is 2.36 bits per heavy atom. The van der Waals surface area contributed by atoms with Gasteiger partial charge in [0.15, 0.2) is 0 Å². The van der Waals surface area contributed by atoms with Crippen LogP contribution >= 0.6 is 11.8 Å². The van der Waals surface area contributed by atoms with E-state index in [0.717, 1.165) is 17.9 Å². The molecule has 0 amide bonds. The standard InChI is InChI=1S/C8H14O2S/c1-6(9)7-5-11-4-3-8(7,2)10/h7,10H,3-5H2,1-2H3. The first-order chi connectivity index (χ1) is 5.04. The van der Waals surface area contributed by atoms with Crippen molar-refractivity contribution in [3.8, 4) is 0 Å². The number of rotatable bonds is 1. The number of carbonyl (C=O) groups excluding carboxylic acids is 1. The Hall–Kier alpha value is -0.0200. The molecule has 0 aromatic heterocycles. The number of hydrogen-bond acceptors (Lipinski definition) is 3. The number of thioether (sulfide) groups is 1. The van der Waals surface area contributed by atoms with Gasteiger partial charge in [0.1, 0.15) is 5.78 Å². The zero-order valence-corrected chi connectivity index (χ0v) is 7.78. The van der Waals surface area contributed by atoms with Gasteiger partial charge < -0.3 is 5.11 Å². The quantitative estimate of drug-likeness (QED) is 0.646. The lowest BCUT2D eigenvalue weighted by molar-refractivity contribution is -0.128. The van der Waals surface area contributed by atoms with Gasteiger partial charge in [0.25, 0.3) is 0 Å². The lowest BCUT2D eigenvalue weighted by atomic mass is 9.85. The number of aliphatic hydroxyl groups is 1. The highest BCUT2D eigenvalue weighted by molar-refractivity contribution is 7.99. The number of carbonyl (C=O) groups is 1. The van der Waals surface area contributed by atoms with Crippen LogP contribution < -0.4 is 0 Å². The largest absolute Gasteiger partial charge is 0.389 e. The maximum atomic E-state index is 11.0. The van der Waals surface area contributed by atoms with Gasteiger partial charge in [0.2, 0.25) is 0 Å². The molecule has 0 aliphatic carbocycles. The van der Waals surface area contributed by atoms with Crippen molar-refractivity contribution >= 4 is 17.5 Å². The maximum absolute atomic E-state index is 11.0. The second-order valence-corrected chi connectivity index (χ2v) is 4.50. The first-order valence-corrected chi connectivity index (χ1v) is 5.00. The van der Waals surface area contributed by atoms with Crippen molar-refractivity contribution in [1.82, 2.24) is 0 Å². The highest BCUT2D eigenvalue weighted by atomic mass is 32.2. The third-order valence-corrected chi connectivity index (χ3v) is 3.34. The minimum absolute atomic E-state index is 0.113. The molecule has 0 radical (unpaired) electrons. The summed E-state index contributed by atoms with van der Waals surface area (Å²) in [6, 6.07) is 0. The van der Waals surface area contributed by atoms with Crippen LogP contribution in [0.5, 0.6) is 0 Å². The van der Waals surface area contributed by atoms with Crippen molar-refractivity contribution in [2.75, 3.05) is 11.5 Å². The van der Waals surface area contributed by atoms with Crippen LogP contribution in [0.4, 0.5) is 0 Å².